The highest BCUT2D eigenvalue weighted by Gasteiger charge is 2.36. The van der Waals surface area contributed by atoms with Crippen molar-refractivity contribution in [1.29, 1.82) is 0 Å². The van der Waals surface area contributed by atoms with Crippen LogP contribution in [-0.4, -0.2) is 24.2 Å². The van der Waals surface area contributed by atoms with Crippen LogP contribution in [0, 0.1) is 0 Å². The Labute approximate surface area is 114 Å². The number of nitrogens with two attached hydrogens (primary N) is 1. The minimum absolute atomic E-state index is 0.291. The van der Waals surface area contributed by atoms with Crippen LogP contribution in [0.25, 0.3) is 0 Å². The predicted octanol–water partition coefficient (Wildman–Crippen LogP) is 1.30. The monoisotopic (exact) mass is 259 g/mol. The molecule has 0 fully saturated rings. The van der Waals surface area contributed by atoms with Crippen LogP contribution in [0.1, 0.15) is 24.5 Å². The van der Waals surface area contributed by atoms with E-state index in [4.69, 9.17) is 5.73 Å². The molecule has 0 aliphatic heterocycles. The lowest BCUT2D eigenvalue weighted by Gasteiger charge is -2.22. The Morgan fingerprint density at radius 3 is 3.00 bits per heavy atom. The summed E-state index contributed by atoms with van der Waals surface area (Å²) < 4.78 is 0. The minimum atomic E-state index is -0.883. The Kier molecular flexibility index (Phi) is 3.90. The fourth-order valence-corrected chi connectivity index (χ4v) is 2.35. The van der Waals surface area contributed by atoms with Crippen LogP contribution in [0.3, 0.4) is 0 Å². The molecule has 19 heavy (non-hydrogen) atoms. The van der Waals surface area contributed by atoms with Crippen molar-refractivity contribution in [2.24, 2.45) is 10.7 Å². The Balaban J connectivity index is 2.03. The molecule has 0 saturated carbocycles. The van der Waals surface area contributed by atoms with Gasteiger partial charge >= 0.3 is 0 Å². The van der Waals surface area contributed by atoms with Crippen LogP contribution < -0.4 is 11.1 Å². The highest BCUT2D eigenvalue weighted by Crippen LogP contribution is 2.36. The van der Waals surface area contributed by atoms with Crippen LogP contribution in [0.5, 0.6) is 0 Å². The van der Waals surface area contributed by atoms with Gasteiger partial charge in [0, 0.05) is 6.54 Å². The van der Waals surface area contributed by atoms with E-state index >= 15 is 0 Å². The van der Waals surface area contributed by atoms with Crippen molar-refractivity contribution in [1.82, 2.24) is 5.32 Å². The normalized spacial score (nSPS) is 22.1. The summed E-state index contributed by atoms with van der Waals surface area (Å²) in [5.41, 5.74) is 8.05. The summed E-state index contributed by atoms with van der Waals surface area (Å²) in [6, 6.07) is 7.97. The number of nitrogens with one attached hydrogen (secondary N) is 1. The predicted molar refractivity (Wildman–Crippen MR) is 78.0 cm³/mol. The van der Waals surface area contributed by atoms with Gasteiger partial charge in [0.15, 0.2) is 5.96 Å². The largest absolute Gasteiger partial charge is 0.383 e. The highest BCUT2D eigenvalue weighted by molar-refractivity contribution is 5.78. The molecule has 0 bridgehead atoms. The molecule has 0 heterocycles. The molecule has 0 radical (unpaired) electrons. The van der Waals surface area contributed by atoms with Gasteiger partial charge in [0.1, 0.15) is 5.60 Å². The number of aliphatic imine (C=N–C) groups is 1. The Hall–Kier alpha value is -1.81. The van der Waals surface area contributed by atoms with Crippen LogP contribution in [0.4, 0.5) is 0 Å². The summed E-state index contributed by atoms with van der Waals surface area (Å²) in [6.07, 6.45) is 1.59. The molecule has 0 saturated heterocycles. The lowest BCUT2D eigenvalue weighted by Crippen LogP contribution is -2.35. The van der Waals surface area contributed by atoms with Crippen LogP contribution in [0.15, 0.2) is 41.4 Å². The number of hydrogen-bond acceptors (Lipinski definition) is 2. The van der Waals surface area contributed by atoms with Gasteiger partial charge in [-0.05, 0) is 30.9 Å². The fourth-order valence-electron chi connectivity index (χ4n) is 2.35. The lowest BCUT2D eigenvalue weighted by atomic mass is 9.96. The summed E-state index contributed by atoms with van der Waals surface area (Å²) in [5, 5.41) is 13.6. The maximum absolute atomic E-state index is 10.7. The second kappa shape index (κ2) is 5.45. The molecule has 1 aromatic rings. The lowest BCUT2D eigenvalue weighted by molar-refractivity contribution is 0.0486. The maximum atomic E-state index is 10.7. The topological polar surface area (TPSA) is 70.6 Å². The van der Waals surface area contributed by atoms with Crippen molar-refractivity contribution in [2.45, 2.75) is 25.4 Å². The van der Waals surface area contributed by atoms with E-state index in [1.807, 2.05) is 25.1 Å². The maximum Gasteiger partial charge on any atom is 0.188 e. The van der Waals surface area contributed by atoms with Crippen LogP contribution in [-0.2, 0) is 12.0 Å². The van der Waals surface area contributed by atoms with Gasteiger partial charge in [-0.3, -0.25) is 4.99 Å². The van der Waals surface area contributed by atoms with Crippen molar-refractivity contribution in [2.75, 3.05) is 13.1 Å². The van der Waals surface area contributed by atoms with E-state index in [0.717, 1.165) is 17.6 Å². The molecule has 1 aliphatic rings. The first kappa shape index (κ1) is 13.6. The molecule has 0 amide bonds. The third-order valence-electron chi connectivity index (χ3n) is 3.41. The molecule has 4 N–H and O–H groups in total. The van der Waals surface area contributed by atoms with E-state index in [0.29, 0.717) is 25.5 Å². The number of nitrogens with zero attached hydrogens (tertiary/aromatic N) is 1. The average molecular weight is 259 g/mol. The minimum Gasteiger partial charge on any atom is -0.383 e. The molecule has 2 rings (SSSR count). The van der Waals surface area contributed by atoms with Gasteiger partial charge in [-0.2, -0.15) is 0 Å². The number of guanidine groups is 1. The zero-order valence-electron chi connectivity index (χ0n) is 11.3. The van der Waals surface area contributed by atoms with Crippen molar-refractivity contribution in [3.8, 4) is 0 Å². The smallest absolute Gasteiger partial charge is 0.188 e. The molecule has 1 atom stereocenters. The number of aliphatic hydroxyl groups is 1. The molecule has 1 aromatic carbocycles. The molecule has 102 valence electrons. The fraction of sp³-hybridized carbons (Fsp3) is 0.400. The molecule has 1 unspecified atom stereocenters. The van der Waals surface area contributed by atoms with Gasteiger partial charge in [0.05, 0.1) is 6.54 Å². The third kappa shape index (κ3) is 3.15. The van der Waals surface area contributed by atoms with Gasteiger partial charge in [-0.1, -0.05) is 36.4 Å². The van der Waals surface area contributed by atoms with Crippen molar-refractivity contribution in [3.63, 3.8) is 0 Å². The van der Waals surface area contributed by atoms with E-state index < -0.39 is 5.60 Å². The molecule has 0 spiro atoms. The number of aryl methyl sites for hydroxylation is 1. The van der Waals surface area contributed by atoms with Crippen molar-refractivity contribution < 1.29 is 5.11 Å². The van der Waals surface area contributed by atoms with Crippen molar-refractivity contribution >= 4 is 5.96 Å². The van der Waals surface area contributed by atoms with Gasteiger partial charge < -0.3 is 16.2 Å². The zero-order valence-corrected chi connectivity index (χ0v) is 11.3. The zero-order chi connectivity index (χ0) is 13.9. The van der Waals surface area contributed by atoms with Gasteiger partial charge in [-0.15, -0.1) is 0 Å². The van der Waals surface area contributed by atoms with E-state index in [1.54, 1.807) is 0 Å². The average Bonchev–Trinajstić information content (AvgIpc) is 2.73. The number of hydrogen-bond donors (Lipinski definition) is 3. The van der Waals surface area contributed by atoms with Crippen LogP contribution >= 0.6 is 0 Å². The van der Waals surface area contributed by atoms with E-state index in [2.05, 4.69) is 23.0 Å². The second-order valence-electron chi connectivity index (χ2n) is 5.20. The van der Waals surface area contributed by atoms with E-state index in [1.165, 1.54) is 5.56 Å². The highest BCUT2D eigenvalue weighted by atomic mass is 16.3. The Morgan fingerprint density at radius 1 is 1.53 bits per heavy atom. The summed E-state index contributed by atoms with van der Waals surface area (Å²) in [6.45, 7) is 6.60. The number of benzene rings is 1. The Bertz CT molecular complexity index is 510. The van der Waals surface area contributed by atoms with E-state index in [-0.39, 0.29) is 0 Å². The SMILES string of the molecule is C=C(C)CNC(N)=NCC1(O)CCc2ccccc21. The third-order valence-corrected chi connectivity index (χ3v) is 3.41. The summed E-state index contributed by atoms with van der Waals surface area (Å²) in [7, 11) is 0. The first-order valence-electron chi connectivity index (χ1n) is 6.50. The molecule has 4 nitrogen and oxygen atoms in total. The summed E-state index contributed by atoms with van der Waals surface area (Å²) in [5.74, 6) is 0.348. The summed E-state index contributed by atoms with van der Waals surface area (Å²) in [4.78, 5) is 4.24. The quantitative estimate of drug-likeness (QED) is 0.433. The van der Waals surface area contributed by atoms with E-state index in [9.17, 15) is 5.11 Å². The number of rotatable bonds is 4. The molecule has 1 aliphatic carbocycles. The summed E-state index contributed by atoms with van der Waals surface area (Å²) >= 11 is 0. The van der Waals surface area contributed by atoms with Gasteiger partial charge in [0.2, 0.25) is 0 Å². The first-order chi connectivity index (χ1) is 9.01. The second-order valence-corrected chi connectivity index (χ2v) is 5.20. The van der Waals surface area contributed by atoms with Crippen molar-refractivity contribution in [3.05, 3.63) is 47.5 Å². The molecular weight excluding hydrogens is 238 g/mol. The molecular formula is C15H21N3O. The molecule has 4 heteroatoms. The number of fused-ring (bicyclic) bond motifs is 1. The van der Waals surface area contributed by atoms with Crippen LogP contribution in [0.2, 0.25) is 0 Å². The molecule has 0 aromatic heterocycles. The van der Waals surface area contributed by atoms with Gasteiger partial charge in [0.25, 0.3) is 0 Å². The first-order valence-corrected chi connectivity index (χ1v) is 6.50. The Morgan fingerprint density at radius 2 is 2.26 bits per heavy atom. The van der Waals surface area contributed by atoms with Gasteiger partial charge in [-0.25, -0.2) is 0 Å². The standard InChI is InChI=1S/C15H21N3O/c1-11(2)9-17-14(16)18-10-15(19)8-7-12-5-3-4-6-13(12)15/h3-6,19H,1,7-10H2,2H3,(H3,16,17,18).